The first-order valence-corrected chi connectivity index (χ1v) is 11.6. The zero-order chi connectivity index (χ0) is 23.9. The van der Waals surface area contributed by atoms with Crippen molar-refractivity contribution in [1.82, 2.24) is 9.97 Å². The summed E-state index contributed by atoms with van der Waals surface area (Å²) in [7, 11) is 1.50. The van der Waals surface area contributed by atoms with Crippen LogP contribution in [0.15, 0.2) is 41.8 Å². The van der Waals surface area contributed by atoms with Crippen LogP contribution in [0.1, 0.15) is 62.9 Å². The summed E-state index contributed by atoms with van der Waals surface area (Å²) in [6, 6.07) is 4.08. The van der Waals surface area contributed by atoms with E-state index in [4.69, 9.17) is 19.0 Å². The molecule has 0 unspecified atom stereocenters. The van der Waals surface area contributed by atoms with E-state index < -0.39 is 0 Å². The summed E-state index contributed by atoms with van der Waals surface area (Å²) in [5, 5.41) is 3.82. The standard InChI is InChI=1S/C26H37N3O4/c1-6-7-13-31-23-16-20(2)25(21(3)17-23)33-15-12-10-8-9-11-14-32-24-18-27-26(28-19-24)22(4)29-30-5/h6-7,16-19H,8-15H2,1-5H3/b7-6+,29-22+. The minimum atomic E-state index is 0.533. The molecular weight excluding hydrogens is 418 g/mol. The smallest absolute Gasteiger partial charge is 0.177 e. The lowest BCUT2D eigenvalue weighted by Gasteiger charge is -2.14. The van der Waals surface area contributed by atoms with Crippen LogP contribution in [0.25, 0.3) is 0 Å². The lowest BCUT2D eigenvalue weighted by molar-refractivity contribution is 0.213. The van der Waals surface area contributed by atoms with Crippen molar-refractivity contribution in [3.05, 3.63) is 53.6 Å². The number of rotatable bonds is 15. The zero-order valence-electron chi connectivity index (χ0n) is 20.6. The van der Waals surface area contributed by atoms with E-state index in [-0.39, 0.29) is 0 Å². The van der Waals surface area contributed by atoms with Crippen molar-refractivity contribution in [1.29, 1.82) is 0 Å². The predicted octanol–water partition coefficient (Wildman–Crippen LogP) is 5.83. The van der Waals surface area contributed by atoms with E-state index in [0.29, 0.717) is 30.5 Å². The lowest BCUT2D eigenvalue weighted by atomic mass is 10.1. The number of aryl methyl sites for hydroxylation is 2. The van der Waals surface area contributed by atoms with Crippen LogP contribution in [0.2, 0.25) is 0 Å². The molecule has 0 saturated heterocycles. The summed E-state index contributed by atoms with van der Waals surface area (Å²) in [6.45, 7) is 9.89. The Hall–Kier alpha value is -3.09. The van der Waals surface area contributed by atoms with Gasteiger partial charge >= 0.3 is 0 Å². The van der Waals surface area contributed by atoms with Crippen LogP contribution >= 0.6 is 0 Å². The molecule has 33 heavy (non-hydrogen) atoms. The molecule has 0 aliphatic carbocycles. The molecule has 0 saturated carbocycles. The second-order valence-corrected chi connectivity index (χ2v) is 7.83. The molecule has 1 aromatic carbocycles. The molecule has 0 aliphatic rings. The highest BCUT2D eigenvalue weighted by atomic mass is 16.6. The summed E-state index contributed by atoms with van der Waals surface area (Å²) in [5.41, 5.74) is 2.85. The van der Waals surface area contributed by atoms with Crippen LogP contribution in [0.5, 0.6) is 17.2 Å². The number of oxime groups is 1. The van der Waals surface area contributed by atoms with E-state index in [1.165, 1.54) is 7.11 Å². The van der Waals surface area contributed by atoms with Crippen LogP contribution in [-0.2, 0) is 4.84 Å². The Balaban J connectivity index is 1.58. The molecule has 0 N–H and O–H groups in total. The average molecular weight is 456 g/mol. The molecule has 180 valence electrons. The fourth-order valence-corrected chi connectivity index (χ4v) is 3.32. The van der Waals surface area contributed by atoms with Gasteiger partial charge in [0.25, 0.3) is 0 Å². The Kier molecular flexibility index (Phi) is 11.8. The number of unbranched alkanes of at least 4 members (excludes halogenated alkanes) is 4. The first-order valence-electron chi connectivity index (χ1n) is 11.6. The van der Waals surface area contributed by atoms with E-state index in [2.05, 4.69) is 29.0 Å². The van der Waals surface area contributed by atoms with Gasteiger partial charge < -0.3 is 19.0 Å². The van der Waals surface area contributed by atoms with Crippen LogP contribution < -0.4 is 14.2 Å². The van der Waals surface area contributed by atoms with Gasteiger partial charge in [-0.2, -0.15) is 0 Å². The number of nitrogens with zero attached hydrogens (tertiary/aromatic N) is 3. The molecule has 1 heterocycles. The monoisotopic (exact) mass is 455 g/mol. The van der Waals surface area contributed by atoms with Gasteiger partial charge in [-0.25, -0.2) is 9.97 Å². The van der Waals surface area contributed by atoms with Crippen LogP contribution in [0.3, 0.4) is 0 Å². The average Bonchev–Trinajstić information content (AvgIpc) is 2.80. The third-order valence-corrected chi connectivity index (χ3v) is 5.00. The fraction of sp³-hybridized carbons (Fsp3) is 0.500. The van der Waals surface area contributed by atoms with Crippen molar-refractivity contribution in [2.75, 3.05) is 26.9 Å². The Labute approximate surface area is 197 Å². The molecule has 0 radical (unpaired) electrons. The van der Waals surface area contributed by atoms with Crippen LogP contribution in [-0.4, -0.2) is 42.6 Å². The molecule has 0 amide bonds. The maximum absolute atomic E-state index is 6.05. The number of benzene rings is 1. The van der Waals surface area contributed by atoms with Gasteiger partial charge in [-0.05, 0) is 63.8 Å². The Bertz CT molecular complexity index is 872. The number of hydrogen-bond donors (Lipinski definition) is 0. The summed E-state index contributed by atoms with van der Waals surface area (Å²) in [4.78, 5) is 13.2. The Morgan fingerprint density at radius 2 is 1.48 bits per heavy atom. The SMILES string of the molecule is C/C=C/COc1cc(C)c(OCCCCCCCOc2cnc(/C(C)=N/OC)nc2)c(C)c1. The maximum atomic E-state index is 6.05. The zero-order valence-corrected chi connectivity index (χ0v) is 20.6. The van der Waals surface area contributed by atoms with Crippen LogP contribution in [0, 0.1) is 13.8 Å². The van der Waals surface area contributed by atoms with Gasteiger partial charge in [0.15, 0.2) is 11.6 Å². The van der Waals surface area contributed by atoms with E-state index >= 15 is 0 Å². The van der Waals surface area contributed by atoms with Crippen molar-refractivity contribution in [3.63, 3.8) is 0 Å². The third kappa shape index (κ3) is 9.51. The van der Waals surface area contributed by atoms with Gasteiger partial charge in [0, 0.05) is 0 Å². The summed E-state index contributed by atoms with van der Waals surface area (Å²) in [5.74, 6) is 3.06. The minimum absolute atomic E-state index is 0.533. The fourth-order valence-electron chi connectivity index (χ4n) is 3.32. The molecule has 7 heteroatoms. The van der Waals surface area contributed by atoms with Gasteiger partial charge in [-0.15, -0.1) is 0 Å². The van der Waals surface area contributed by atoms with Gasteiger partial charge in [0.1, 0.15) is 30.9 Å². The number of ether oxygens (including phenoxy) is 3. The quantitative estimate of drug-likeness (QED) is 0.146. The molecule has 1 aromatic heterocycles. The predicted molar refractivity (Wildman–Crippen MR) is 132 cm³/mol. The van der Waals surface area contributed by atoms with Gasteiger partial charge in [-0.3, -0.25) is 0 Å². The van der Waals surface area contributed by atoms with Crippen molar-refractivity contribution >= 4 is 5.71 Å². The van der Waals surface area contributed by atoms with E-state index in [0.717, 1.165) is 61.3 Å². The summed E-state index contributed by atoms with van der Waals surface area (Å²) in [6.07, 6.45) is 12.8. The van der Waals surface area contributed by atoms with Crippen molar-refractivity contribution in [2.24, 2.45) is 5.16 Å². The molecule has 2 rings (SSSR count). The normalized spacial score (nSPS) is 11.6. The number of hydrogen-bond acceptors (Lipinski definition) is 7. The second kappa shape index (κ2) is 14.9. The first kappa shape index (κ1) is 26.2. The van der Waals surface area contributed by atoms with E-state index in [9.17, 15) is 0 Å². The van der Waals surface area contributed by atoms with Crippen molar-refractivity contribution < 1.29 is 19.0 Å². The van der Waals surface area contributed by atoms with Crippen LogP contribution in [0.4, 0.5) is 0 Å². The number of allylic oxidation sites excluding steroid dienone is 1. The topological polar surface area (TPSA) is 75.1 Å². The third-order valence-electron chi connectivity index (χ3n) is 5.00. The summed E-state index contributed by atoms with van der Waals surface area (Å²) < 4.78 is 17.5. The Morgan fingerprint density at radius 3 is 2.09 bits per heavy atom. The molecular formula is C26H37N3O4. The van der Waals surface area contributed by atoms with Crippen molar-refractivity contribution in [3.8, 4) is 17.2 Å². The largest absolute Gasteiger partial charge is 0.493 e. The maximum Gasteiger partial charge on any atom is 0.177 e. The van der Waals surface area contributed by atoms with Gasteiger partial charge in [0.05, 0.1) is 25.6 Å². The van der Waals surface area contributed by atoms with E-state index in [1.807, 2.05) is 31.2 Å². The molecule has 0 aliphatic heterocycles. The highest BCUT2D eigenvalue weighted by Crippen LogP contribution is 2.28. The Morgan fingerprint density at radius 1 is 0.879 bits per heavy atom. The molecule has 0 spiro atoms. The highest BCUT2D eigenvalue weighted by molar-refractivity contribution is 5.94. The van der Waals surface area contributed by atoms with E-state index in [1.54, 1.807) is 19.3 Å². The second-order valence-electron chi connectivity index (χ2n) is 7.83. The highest BCUT2D eigenvalue weighted by Gasteiger charge is 2.07. The summed E-state index contributed by atoms with van der Waals surface area (Å²) >= 11 is 0. The molecule has 7 nitrogen and oxygen atoms in total. The molecule has 0 bridgehead atoms. The first-order chi connectivity index (χ1) is 16.0. The number of aromatic nitrogens is 2. The molecule has 0 atom stereocenters. The van der Waals surface area contributed by atoms with Gasteiger partial charge in [-0.1, -0.05) is 36.6 Å². The lowest BCUT2D eigenvalue weighted by Crippen LogP contribution is -2.04. The van der Waals surface area contributed by atoms with Gasteiger partial charge in [0.2, 0.25) is 0 Å². The van der Waals surface area contributed by atoms with Crippen molar-refractivity contribution in [2.45, 2.75) is 59.8 Å². The minimum Gasteiger partial charge on any atom is -0.493 e. The molecule has 2 aromatic rings. The molecule has 0 fully saturated rings.